The predicted molar refractivity (Wildman–Crippen MR) is 245 cm³/mol. The molecule has 14 heteroatoms. The van der Waals surface area contributed by atoms with E-state index in [9.17, 15) is 45.6 Å². The second kappa shape index (κ2) is 37.0. The molecule has 2 aliphatic heterocycles. The molecule has 12 unspecified atom stereocenters. The quantitative estimate of drug-likeness (QED) is 0.0296. The van der Waals surface area contributed by atoms with Crippen LogP contribution in [0.25, 0.3) is 0 Å². The van der Waals surface area contributed by atoms with Gasteiger partial charge in [-0.05, 0) is 12.8 Å². The van der Waals surface area contributed by atoms with E-state index in [-0.39, 0.29) is 12.5 Å². The summed E-state index contributed by atoms with van der Waals surface area (Å²) in [7, 11) is 0. The Morgan fingerprint density at radius 3 is 1.35 bits per heavy atom. The van der Waals surface area contributed by atoms with Crippen molar-refractivity contribution in [3.05, 3.63) is 0 Å². The summed E-state index contributed by atoms with van der Waals surface area (Å²) in [6.07, 6.45) is 19.9. The third-order valence-corrected chi connectivity index (χ3v) is 13.1. The highest BCUT2D eigenvalue weighted by atomic mass is 16.7. The lowest BCUT2D eigenvalue weighted by Crippen LogP contribution is -2.65. The van der Waals surface area contributed by atoms with E-state index in [1.54, 1.807) is 0 Å². The van der Waals surface area contributed by atoms with E-state index in [1.165, 1.54) is 135 Å². The monoisotopic (exact) mass is 906 g/mol. The standard InChI is InChI=1S/C49H95NO13/c1-3-5-7-9-11-13-14-15-16-17-18-19-20-21-22-23-24-25-27-29-31-33-41(54)50-37(38(53)32-30-28-26-12-10-8-6-4-2)36-60-48-46(59)44(57)47(40(35-52)62-48)63-49-45(58)43(56)42(55)39(34-51)61-49/h37-40,42-49,51-53,55-59H,3-36H2,1-2H3,(H,50,54). The maximum atomic E-state index is 13.1. The molecule has 0 radical (unpaired) electrons. The summed E-state index contributed by atoms with van der Waals surface area (Å²) in [4.78, 5) is 13.1. The molecule has 0 aromatic carbocycles. The van der Waals surface area contributed by atoms with Crippen molar-refractivity contribution >= 4 is 5.91 Å². The first-order valence-corrected chi connectivity index (χ1v) is 25.8. The molecule has 2 aliphatic rings. The van der Waals surface area contributed by atoms with Gasteiger partial charge < -0.3 is 65.1 Å². The average molecular weight is 906 g/mol. The Morgan fingerprint density at radius 2 is 0.905 bits per heavy atom. The van der Waals surface area contributed by atoms with Crippen LogP contribution in [-0.4, -0.2) is 140 Å². The number of carbonyl (C=O) groups excluding carboxylic acids is 1. The summed E-state index contributed by atoms with van der Waals surface area (Å²) in [5.74, 6) is -0.206. The third kappa shape index (κ3) is 24.5. The molecule has 0 bridgehead atoms. The largest absolute Gasteiger partial charge is 0.394 e. The molecule has 2 heterocycles. The van der Waals surface area contributed by atoms with Crippen molar-refractivity contribution in [1.29, 1.82) is 0 Å². The third-order valence-electron chi connectivity index (χ3n) is 13.1. The minimum atomic E-state index is -1.78. The van der Waals surface area contributed by atoms with Gasteiger partial charge in [0, 0.05) is 6.42 Å². The fourth-order valence-corrected chi connectivity index (χ4v) is 8.83. The minimum Gasteiger partial charge on any atom is -0.394 e. The Hall–Kier alpha value is -1.01. The first kappa shape index (κ1) is 58.1. The van der Waals surface area contributed by atoms with Crippen molar-refractivity contribution in [2.24, 2.45) is 0 Å². The van der Waals surface area contributed by atoms with Gasteiger partial charge in [0.2, 0.25) is 5.91 Å². The molecule has 0 saturated carbocycles. The Morgan fingerprint density at radius 1 is 0.508 bits per heavy atom. The van der Waals surface area contributed by atoms with E-state index in [0.717, 1.165) is 51.4 Å². The van der Waals surface area contributed by atoms with Gasteiger partial charge in [-0.15, -0.1) is 0 Å². The number of hydrogen-bond acceptors (Lipinski definition) is 13. The highest BCUT2D eigenvalue weighted by molar-refractivity contribution is 5.76. The van der Waals surface area contributed by atoms with Gasteiger partial charge in [0.05, 0.1) is 32.0 Å². The molecule has 2 saturated heterocycles. The van der Waals surface area contributed by atoms with Crippen LogP contribution in [0.1, 0.15) is 213 Å². The van der Waals surface area contributed by atoms with Gasteiger partial charge in [0.15, 0.2) is 12.6 Å². The molecule has 0 spiro atoms. The lowest BCUT2D eigenvalue weighted by molar-refractivity contribution is -0.359. The zero-order chi connectivity index (χ0) is 46.1. The van der Waals surface area contributed by atoms with Crippen LogP contribution in [0.4, 0.5) is 0 Å². The molecule has 0 aromatic heterocycles. The van der Waals surface area contributed by atoms with Crippen molar-refractivity contribution < 1.29 is 64.6 Å². The second-order valence-corrected chi connectivity index (χ2v) is 18.7. The maximum Gasteiger partial charge on any atom is 0.220 e. The normalized spacial score (nSPS) is 27.4. The Bertz CT molecular complexity index is 1070. The lowest BCUT2D eigenvalue weighted by Gasteiger charge is -2.46. The number of rotatable bonds is 40. The first-order chi connectivity index (χ1) is 30.6. The van der Waals surface area contributed by atoms with E-state index < -0.39 is 86.8 Å². The molecule has 2 rings (SSSR count). The SMILES string of the molecule is CCCCCCCCCCCCCCCCCCCCCCCC(=O)NC(COC1OC(CO)C(OC2OC(CO)C(O)C(O)C2O)C(O)C1O)C(O)CCCCCCCCCC. The first-order valence-electron chi connectivity index (χ1n) is 25.8. The van der Waals surface area contributed by atoms with Crippen LogP contribution >= 0.6 is 0 Å². The van der Waals surface area contributed by atoms with Crippen LogP contribution in [0.5, 0.6) is 0 Å². The van der Waals surface area contributed by atoms with Crippen LogP contribution in [0.3, 0.4) is 0 Å². The molecule has 0 aromatic rings. The van der Waals surface area contributed by atoms with Crippen molar-refractivity contribution in [3.8, 4) is 0 Å². The molecular weight excluding hydrogens is 811 g/mol. The number of nitrogens with one attached hydrogen (secondary N) is 1. The van der Waals surface area contributed by atoms with Crippen LogP contribution in [-0.2, 0) is 23.7 Å². The summed E-state index contributed by atoms with van der Waals surface area (Å²) in [6, 6.07) is -0.819. The van der Waals surface area contributed by atoms with Crippen molar-refractivity contribution in [2.75, 3.05) is 19.8 Å². The molecular formula is C49H95NO13. The van der Waals surface area contributed by atoms with Gasteiger partial charge in [-0.25, -0.2) is 0 Å². The summed E-state index contributed by atoms with van der Waals surface area (Å²) in [5, 5.41) is 86.6. The summed E-state index contributed by atoms with van der Waals surface area (Å²) < 4.78 is 22.7. The molecule has 2 fully saturated rings. The molecule has 9 N–H and O–H groups in total. The van der Waals surface area contributed by atoms with Gasteiger partial charge in [-0.1, -0.05) is 194 Å². The highest BCUT2D eigenvalue weighted by Crippen LogP contribution is 2.30. The molecule has 63 heavy (non-hydrogen) atoms. The summed E-state index contributed by atoms with van der Waals surface area (Å²) in [5.41, 5.74) is 0. The van der Waals surface area contributed by atoms with Gasteiger partial charge in [-0.3, -0.25) is 4.79 Å². The number of aliphatic hydroxyl groups is 8. The fourth-order valence-electron chi connectivity index (χ4n) is 8.83. The Balaban J connectivity index is 1.73. The highest BCUT2D eigenvalue weighted by Gasteiger charge is 2.51. The molecule has 14 nitrogen and oxygen atoms in total. The number of hydrogen-bond donors (Lipinski definition) is 9. The van der Waals surface area contributed by atoms with Crippen molar-refractivity contribution in [3.63, 3.8) is 0 Å². The van der Waals surface area contributed by atoms with Crippen LogP contribution in [0.2, 0.25) is 0 Å². The number of carbonyl (C=O) groups is 1. The summed E-state index contributed by atoms with van der Waals surface area (Å²) in [6.45, 7) is 2.82. The number of amides is 1. The van der Waals surface area contributed by atoms with Gasteiger partial charge in [0.1, 0.15) is 48.8 Å². The van der Waals surface area contributed by atoms with E-state index in [4.69, 9.17) is 18.9 Å². The average Bonchev–Trinajstić information content (AvgIpc) is 3.28. The maximum absolute atomic E-state index is 13.1. The summed E-state index contributed by atoms with van der Waals surface area (Å²) >= 11 is 0. The van der Waals surface area contributed by atoms with E-state index in [1.807, 2.05) is 0 Å². The van der Waals surface area contributed by atoms with Crippen molar-refractivity contribution in [2.45, 2.75) is 286 Å². The zero-order valence-corrected chi connectivity index (χ0v) is 39.6. The number of unbranched alkanes of at least 4 members (excludes halogenated alkanes) is 27. The van der Waals surface area contributed by atoms with Gasteiger partial charge >= 0.3 is 0 Å². The van der Waals surface area contributed by atoms with E-state index in [0.29, 0.717) is 12.8 Å². The fraction of sp³-hybridized carbons (Fsp3) is 0.980. The topological polar surface area (TPSA) is 228 Å². The smallest absolute Gasteiger partial charge is 0.220 e. The molecule has 374 valence electrons. The number of aliphatic hydroxyl groups excluding tert-OH is 8. The lowest BCUT2D eigenvalue weighted by atomic mass is 9.97. The Labute approximate surface area is 381 Å². The predicted octanol–water partition coefficient (Wildman–Crippen LogP) is 6.61. The Kier molecular flexibility index (Phi) is 34.2. The van der Waals surface area contributed by atoms with Crippen LogP contribution in [0.15, 0.2) is 0 Å². The van der Waals surface area contributed by atoms with Crippen LogP contribution < -0.4 is 5.32 Å². The van der Waals surface area contributed by atoms with E-state index >= 15 is 0 Å². The molecule has 1 amide bonds. The minimum absolute atomic E-state index is 0.206. The second-order valence-electron chi connectivity index (χ2n) is 18.7. The zero-order valence-electron chi connectivity index (χ0n) is 39.6. The molecule has 12 atom stereocenters. The van der Waals surface area contributed by atoms with Gasteiger partial charge in [0.25, 0.3) is 0 Å². The van der Waals surface area contributed by atoms with Crippen LogP contribution in [0, 0.1) is 0 Å². The van der Waals surface area contributed by atoms with E-state index in [2.05, 4.69) is 19.2 Å². The number of ether oxygens (including phenoxy) is 4. The van der Waals surface area contributed by atoms with Gasteiger partial charge in [-0.2, -0.15) is 0 Å². The molecule has 0 aliphatic carbocycles. The van der Waals surface area contributed by atoms with Crippen molar-refractivity contribution in [1.82, 2.24) is 5.32 Å².